The summed E-state index contributed by atoms with van der Waals surface area (Å²) in [5.74, 6) is -3.27. The van der Waals surface area contributed by atoms with Gasteiger partial charge in [-0.15, -0.1) is 0 Å². The summed E-state index contributed by atoms with van der Waals surface area (Å²) in [5, 5.41) is 19.9. The Morgan fingerprint density at radius 1 is 1.19 bits per heavy atom. The third kappa shape index (κ3) is 14.6. The van der Waals surface area contributed by atoms with Gasteiger partial charge in [0.05, 0.1) is 11.9 Å². The van der Waals surface area contributed by atoms with Crippen LogP contribution in [0.2, 0.25) is 0.0125 Å². The SMILES string of the molecule is CC(C)(C(=O)[O-])C(=O)[O-].CC[CH](C)[K].[Na+].[Na+]. The Morgan fingerprint density at radius 3 is 1.38 bits per heavy atom. The van der Waals surface area contributed by atoms with Crippen LogP contribution in [0.15, 0.2) is 0 Å². The van der Waals surface area contributed by atoms with Crippen molar-refractivity contribution in [2.24, 2.45) is 5.41 Å². The zero-order chi connectivity index (χ0) is 11.9. The van der Waals surface area contributed by atoms with Gasteiger partial charge in [-0.2, -0.15) is 0 Å². The van der Waals surface area contributed by atoms with Gasteiger partial charge in [-0.25, -0.2) is 0 Å². The number of carbonyl (C=O) groups is 2. The number of carboxylic acids is 2. The van der Waals surface area contributed by atoms with E-state index < -0.39 is 17.4 Å². The van der Waals surface area contributed by atoms with E-state index in [1.54, 1.807) is 0 Å². The molecule has 0 aromatic rings. The van der Waals surface area contributed by atoms with Crippen molar-refractivity contribution in [2.45, 2.75) is 34.1 Å². The van der Waals surface area contributed by atoms with Crippen LogP contribution in [0.5, 0.6) is 0 Å². The Morgan fingerprint density at radius 2 is 1.38 bits per heavy atom. The van der Waals surface area contributed by atoms with E-state index in [0.717, 1.165) is 62.8 Å². The Balaban J connectivity index is -0.0000000904. The molecule has 0 rings (SSSR count). The first-order valence-electron chi connectivity index (χ1n) is 4.59. The number of carboxylic acid groups (broad SMARTS) is 2. The topological polar surface area (TPSA) is 80.3 Å². The molecular formula is C9H15KNa2O4. The molecule has 0 heterocycles. The second kappa shape index (κ2) is 14.0. The Hall–Kier alpha value is 2.58. The summed E-state index contributed by atoms with van der Waals surface area (Å²) in [6.45, 7) is 6.57. The molecule has 1 unspecified atom stereocenters. The van der Waals surface area contributed by atoms with Gasteiger partial charge in [-0.1, -0.05) is 0 Å². The summed E-state index contributed by atoms with van der Waals surface area (Å²) in [6, 6.07) is 0. The van der Waals surface area contributed by atoms with Gasteiger partial charge in [0.2, 0.25) is 0 Å². The molecule has 16 heavy (non-hydrogen) atoms. The van der Waals surface area contributed by atoms with Gasteiger partial charge in [0.25, 0.3) is 0 Å². The van der Waals surface area contributed by atoms with Crippen LogP contribution in [0.1, 0.15) is 34.1 Å². The molecule has 0 aliphatic rings. The minimum atomic E-state index is -1.89. The van der Waals surface area contributed by atoms with E-state index >= 15 is 0 Å². The predicted molar refractivity (Wildman–Crippen MR) is 49.3 cm³/mol. The molecule has 7 heteroatoms. The van der Waals surface area contributed by atoms with Gasteiger partial charge in [0.15, 0.2) is 0 Å². The Bertz CT molecular complexity index is 192. The van der Waals surface area contributed by atoms with Crippen molar-refractivity contribution < 1.29 is 78.9 Å². The van der Waals surface area contributed by atoms with Gasteiger partial charge in [0.1, 0.15) is 0 Å². The molecule has 0 amide bonds. The van der Waals surface area contributed by atoms with Crippen molar-refractivity contribution in [1.29, 1.82) is 0 Å². The maximum Gasteiger partial charge on any atom is 1.00 e. The molecule has 0 aromatic heterocycles. The molecule has 1 atom stereocenters. The molecule has 0 bridgehead atoms. The molecule has 0 aliphatic heterocycles. The molecule has 4 nitrogen and oxygen atoms in total. The smallest absolute Gasteiger partial charge is 1.00 e. The van der Waals surface area contributed by atoms with E-state index in [-0.39, 0.29) is 59.1 Å². The zero-order valence-corrected chi connectivity index (χ0v) is 18.5. The molecule has 0 radical (unpaired) electrons. The fourth-order valence-corrected chi connectivity index (χ4v) is 0.0833. The summed E-state index contributed by atoms with van der Waals surface area (Å²) in [4.78, 5) is 19.9. The first-order chi connectivity index (χ1) is 6.16. The van der Waals surface area contributed by atoms with Crippen LogP contribution in [0.3, 0.4) is 0 Å². The van der Waals surface area contributed by atoms with Crippen LogP contribution in [-0.2, 0) is 9.59 Å². The number of hydrogen-bond donors (Lipinski definition) is 0. The van der Waals surface area contributed by atoms with Crippen molar-refractivity contribution in [1.82, 2.24) is 0 Å². The van der Waals surface area contributed by atoms with E-state index in [2.05, 4.69) is 13.8 Å². The summed E-state index contributed by atoms with van der Waals surface area (Å²) in [6.07, 6.45) is 1.39. The first kappa shape index (κ1) is 27.0. The van der Waals surface area contributed by atoms with E-state index in [1.807, 2.05) is 0 Å². The second-order valence-electron chi connectivity index (χ2n) is 4.00. The summed E-state index contributed by atoms with van der Waals surface area (Å²) >= 11 is 1.07. The predicted octanol–water partition coefficient (Wildman–Crippen LogP) is -7.11. The fraction of sp³-hybridized carbons (Fsp3) is 0.778. The standard InChI is InChI=1S/C5H8O4.C4H9.K.2Na/c1-5(2,3(6)7)4(8)9;1-3-4-2;;;/h1-2H3,(H,6,7)(H,8,9);3H,4H2,1-2H3;;;/q;;;2*+1/p-2. The number of hydrogen-bond acceptors (Lipinski definition) is 4. The van der Waals surface area contributed by atoms with Crippen LogP contribution >= 0.6 is 0 Å². The maximum atomic E-state index is 9.93. The molecule has 0 aromatic carbocycles. The molecule has 0 saturated heterocycles. The van der Waals surface area contributed by atoms with Crippen LogP contribution < -0.4 is 69.3 Å². The summed E-state index contributed by atoms with van der Waals surface area (Å²) in [7, 11) is 0. The minimum Gasteiger partial charge on any atom is 1.00 e. The van der Waals surface area contributed by atoms with Crippen molar-refractivity contribution in [3.8, 4) is 0 Å². The van der Waals surface area contributed by atoms with E-state index in [9.17, 15) is 19.8 Å². The third-order valence-electron chi connectivity index (χ3n) is 1.84. The quantitative estimate of drug-likeness (QED) is 0.378. The molecule has 78 valence electrons. The monoisotopic (exact) mass is 272 g/mol. The van der Waals surface area contributed by atoms with E-state index in [0.29, 0.717) is 0 Å². The molecule has 0 spiro atoms. The van der Waals surface area contributed by atoms with Crippen LogP contribution in [0, 0.1) is 5.41 Å². The van der Waals surface area contributed by atoms with Gasteiger partial charge in [-0.05, 0) is 13.8 Å². The second-order valence-corrected chi connectivity index (χ2v) is 7.08. The van der Waals surface area contributed by atoms with Crippen LogP contribution in [0.4, 0.5) is 0 Å². The average molecular weight is 272 g/mol. The Labute approximate surface area is 175 Å². The van der Waals surface area contributed by atoms with Crippen LogP contribution in [-0.4, -0.2) is 60.9 Å². The third-order valence-corrected chi connectivity index (χ3v) is 3.11. The summed E-state index contributed by atoms with van der Waals surface area (Å²) in [5.41, 5.74) is -1.89. The van der Waals surface area contributed by atoms with Crippen molar-refractivity contribution >= 4 is 60.9 Å². The maximum absolute atomic E-state index is 9.93. The zero-order valence-electron chi connectivity index (χ0n) is 11.4. The number of carbonyl (C=O) groups excluding carboxylic acids is 2. The fourth-order valence-electron chi connectivity index (χ4n) is 0.0833. The van der Waals surface area contributed by atoms with E-state index in [4.69, 9.17) is 0 Å². The van der Waals surface area contributed by atoms with Gasteiger partial charge in [0, 0.05) is 5.41 Å². The van der Waals surface area contributed by atoms with Crippen molar-refractivity contribution in [3.63, 3.8) is 0 Å². The molecule has 0 N–H and O–H groups in total. The summed E-state index contributed by atoms with van der Waals surface area (Å²) < 4.78 is 1.07. The number of rotatable bonds is 3. The van der Waals surface area contributed by atoms with E-state index in [1.165, 1.54) is 6.42 Å². The molecule has 0 fully saturated rings. The van der Waals surface area contributed by atoms with Gasteiger partial charge in [-0.3, -0.25) is 0 Å². The van der Waals surface area contributed by atoms with Gasteiger partial charge >= 0.3 is 128 Å². The Kier molecular flexibility index (Phi) is 23.6. The van der Waals surface area contributed by atoms with Crippen LogP contribution in [0.25, 0.3) is 0 Å². The number of aliphatic carboxylic acids is 2. The minimum absolute atomic E-state index is 0. The molecule has 0 aliphatic carbocycles. The normalized spacial score (nSPS) is 10.9. The van der Waals surface area contributed by atoms with Crippen molar-refractivity contribution in [3.05, 3.63) is 0 Å². The first-order valence-corrected chi connectivity index (χ1v) is 6.39. The van der Waals surface area contributed by atoms with Crippen molar-refractivity contribution in [2.75, 3.05) is 0 Å². The van der Waals surface area contributed by atoms with Gasteiger partial charge < -0.3 is 19.8 Å². The molecule has 0 saturated carbocycles. The average Bonchev–Trinajstić information content (AvgIpc) is 2.04. The largest absolute Gasteiger partial charge is 1.00 e. The molecular weight excluding hydrogens is 257 g/mol.